The molecule has 0 bridgehead atoms. The Hall–Kier alpha value is -1.37. The van der Waals surface area contributed by atoms with E-state index in [2.05, 4.69) is 51.5 Å². The normalized spacial score (nSPS) is 12.9. The minimum absolute atomic E-state index is 0.634. The first kappa shape index (κ1) is 14.7. The van der Waals surface area contributed by atoms with E-state index in [9.17, 15) is 0 Å². The van der Waals surface area contributed by atoms with Crippen molar-refractivity contribution in [2.24, 2.45) is 4.99 Å². The fourth-order valence-corrected chi connectivity index (χ4v) is 2.40. The molecule has 18 heavy (non-hydrogen) atoms. The number of aliphatic imine (C=N–C) groups is 1. The first-order valence-electron chi connectivity index (χ1n) is 6.83. The molecule has 1 unspecified atom stereocenters. The third-order valence-electron chi connectivity index (χ3n) is 3.54. The Morgan fingerprint density at radius 3 is 2.61 bits per heavy atom. The molecular formula is C17H25N. The zero-order valence-corrected chi connectivity index (χ0v) is 12.2. The molecule has 1 atom stereocenters. The van der Waals surface area contributed by atoms with Crippen LogP contribution in [0.3, 0.4) is 0 Å². The molecule has 1 heteroatoms. The molecule has 98 valence electrons. The number of nitrogens with zero attached hydrogens (tertiary/aromatic N) is 1. The van der Waals surface area contributed by atoms with Crippen LogP contribution >= 0.6 is 0 Å². The van der Waals surface area contributed by atoms with Crippen molar-refractivity contribution in [3.63, 3.8) is 0 Å². The number of aryl methyl sites for hydroxylation is 2. The second-order valence-corrected chi connectivity index (χ2v) is 5.11. The Labute approximate surface area is 112 Å². The fourth-order valence-electron chi connectivity index (χ4n) is 2.40. The maximum absolute atomic E-state index is 3.79. The molecule has 0 saturated carbocycles. The van der Waals surface area contributed by atoms with Crippen molar-refractivity contribution >= 4 is 12.8 Å². The van der Waals surface area contributed by atoms with Crippen LogP contribution < -0.4 is 0 Å². The molecule has 1 rings (SSSR count). The van der Waals surface area contributed by atoms with Gasteiger partial charge in [-0.15, -0.1) is 0 Å². The van der Waals surface area contributed by atoms with Crippen LogP contribution in [-0.2, 0) is 0 Å². The van der Waals surface area contributed by atoms with Crippen molar-refractivity contribution in [2.45, 2.75) is 52.9 Å². The van der Waals surface area contributed by atoms with Gasteiger partial charge < -0.3 is 0 Å². The van der Waals surface area contributed by atoms with Gasteiger partial charge in [-0.05, 0) is 61.2 Å². The largest absolute Gasteiger partial charge is 0.272 e. The minimum atomic E-state index is 0.634. The first-order valence-corrected chi connectivity index (χ1v) is 6.83. The SMILES string of the molecule is C=N/C=C\c1cc(C(C)CCCC)c(C)cc1C. The van der Waals surface area contributed by atoms with Crippen LogP contribution in [0.1, 0.15) is 61.3 Å². The van der Waals surface area contributed by atoms with E-state index in [0.717, 1.165) is 0 Å². The monoisotopic (exact) mass is 243 g/mol. The van der Waals surface area contributed by atoms with Gasteiger partial charge in [-0.1, -0.05) is 38.8 Å². The first-order chi connectivity index (χ1) is 8.60. The lowest BCUT2D eigenvalue weighted by Crippen LogP contribution is -1.99. The highest BCUT2D eigenvalue weighted by Crippen LogP contribution is 2.27. The van der Waals surface area contributed by atoms with E-state index in [0.29, 0.717) is 5.92 Å². The van der Waals surface area contributed by atoms with Gasteiger partial charge in [0.15, 0.2) is 0 Å². The summed E-state index contributed by atoms with van der Waals surface area (Å²) in [6, 6.07) is 4.59. The smallest absolute Gasteiger partial charge is 0.0266 e. The van der Waals surface area contributed by atoms with E-state index in [1.807, 2.05) is 6.08 Å². The van der Waals surface area contributed by atoms with Gasteiger partial charge in [0.2, 0.25) is 0 Å². The molecule has 0 aliphatic heterocycles. The average Bonchev–Trinajstić information content (AvgIpc) is 2.35. The molecule has 0 saturated heterocycles. The minimum Gasteiger partial charge on any atom is -0.272 e. The van der Waals surface area contributed by atoms with Crippen LogP contribution in [0.2, 0.25) is 0 Å². The standard InChI is InChI=1S/C17H25N/c1-6-7-8-13(2)17-12-16(9-10-18-5)14(3)11-15(17)4/h9-13H,5-8H2,1-4H3/b10-9-. The third kappa shape index (κ3) is 3.83. The summed E-state index contributed by atoms with van der Waals surface area (Å²) in [5.74, 6) is 0.634. The van der Waals surface area contributed by atoms with E-state index in [1.165, 1.54) is 41.5 Å². The Bertz CT molecular complexity index is 429. The van der Waals surface area contributed by atoms with E-state index < -0.39 is 0 Å². The molecule has 0 radical (unpaired) electrons. The summed E-state index contributed by atoms with van der Waals surface area (Å²) in [6.45, 7) is 12.4. The predicted molar refractivity (Wildman–Crippen MR) is 82.4 cm³/mol. The van der Waals surface area contributed by atoms with Crippen molar-refractivity contribution in [3.8, 4) is 0 Å². The lowest BCUT2D eigenvalue weighted by atomic mass is 9.89. The zero-order chi connectivity index (χ0) is 13.5. The van der Waals surface area contributed by atoms with Crippen LogP contribution in [0, 0.1) is 13.8 Å². The zero-order valence-electron chi connectivity index (χ0n) is 12.2. The summed E-state index contributed by atoms with van der Waals surface area (Å²) in [6.07, 6.45) is 7.63. The van der Waals surface area contributed by atoms with Crippen molar-refractivity contribution in [1.29, 1.82) is 0 Å². The molecule has 0 aliphatic rings. The number of hydrogen-bond acceptors (Lipinski definition) is 1. The lowest BCUT2D eigenvalue weighted by Gasteiger charge is -2.16. The van der Waals surface area contributed by atoms with Gasteiger partial charge in [-0.2, -0.15) is 0 Å². The number of hydrogen-bond donors (Lipinski definition) is 0. The van der Waals surface area contributed by atoms with Crippen molar-refractivity contribution in [2.75, 3.05) is 0 Å². The summed E-state index contributed by atoms with van der Waals surface area (Å²) in [7, 11) is 0. The molecule has 0 N–H and O–H groups in total. The molecule has 1 aromatic rings. The average molecular weight is 243 g/mol. The molecule has 1 nitrogen and oxygen atoms in total. The highest BCUT2D eigenvalue weighted by molar-refractivity contribution is 5.57. The Balaban J connectivity index is 3.03. The lowest BCUT2D eigenvalue weighted by molar-refractivity contribution is 0.621. The van der Waals surface area contributed by atoms with Crippen LogP contribution in [0.5, 0.6) is 0 Å². The summed E-state index contributed by atoms with van der Waals surface area (Å²) in [4.78, 5) is 3.79. The van der Waals surface area contributed by atoms with Crippen LogP contribution in [0.4, 0.5) is 0 Å². The van der Waals surface area contributed by atoms with Gasteiger partial charge >= 0.3 is 0 Å². The maximum Gasteiger partial charge on any atom is 0.0266 e. The fraction of sp³-hybridized carbons (Fsp3) is 0.471. The Morgan fingerprint density at radius 2 is 2.00 bits per heavy atom. The van der Waals surface area contributed by atoms with Crippen molar-refractivity contribution in [1.82, 2.24) is 0 Å². The molecular weight excluding hydrogens is 218 g/mol. The number of rotatable bonds is 6. The van der Waals surface area contributed by atoms with Gasteiger partial charge in [0.25, 0.3) is 0 Å². The van der Waals surface area contributed by atoms with Crippen molar-refractivity contribution < 1.29 is 0 Å². The van der Waals surface area contributed by atoms with E-state index in [-0.39, 0.29) is 0 Å². The predicted octanol–water partition coefficient (Wildman–Crippen LogP) is 5.27. The maximum atomic E-state index is 3.79. The van der Waals surface area contributed by atoms with E-state index >= 15 is 0 Å². The van der Waals surface area contributed by atoms with Gasteiger partial charge in [-0.25, -0.2) is 0 Å². The van der Waals surface area contributed by atoms with Gasteiger partial charge in [-0.3, -0.25) is 4.99 Å². The molecule has 1 aromatic carbocycles. The van der Waals surface area contributed by atoms with Crippen molar-refractivity contribution in [3.05, 3.63) is 40.6 Å². The second-order valence-electron chi connectivity index (χ2n) is 5.11. The molecule has 0 heterocycles. The van der Waals surface area contributed by atoms with Crippen LogP contribution in [-0.4, -0.2) is 6.72 Å². The molecule has 0 amide bonds. The van der Waals surface area contributed by atoms with E-state index in [1.54, 1.807) is 6.20 Å². The molecule has 0 spiro atoms. The summed E-state index contributed by atoms with van der Waals surface area (Å²) in [5, 5.41) is 0. The second kappa shape index (κ2) is 7.15. The highest BCUT2D eigenvalue weighted by atomic mass is 14.6. The summed E-state index contributed by atoms with van der Waals surface area (Å²) < 4.78 is 0. The third-order valence-corrected chi connectivity index (χ3v) is 3.54. The summed E-state index contributed by atoms with van der Waals surface area (Å²) >= 11 is 0. The number of unbranched alkanes of at least 4 members (excludes halogenated alkanes) is 1. The highest BCUT2D eigenvalue weighted by Gasteiger charge is 2.10. The topological polar surface area (TPSA) is 12.4 Å². The van der Waals surface area contributed by atoms with Gasteiger partial charge in [0.1, 0.15) is 0 Å². The van der Waals surface area contributed by atoms with Crippen LogP contribution in [0.25, 0.3) is 6.08 Å². The van der Waals surface area contributed by atoms with Gasteiger partial charge in [0.05, 0.1) is 0 Å². The number of benzene rings is 1. The Morgan fingerprint density at radius 1 is 1.28 bits per heavy atom. The molecule has 0 aliphatic carbocycles. The molecule has 0 aromatic heterocycles. The van der Waals surface area contributed by atoms with Gasteiger partial charge in [0, 0.05) is 6.20 Å². The summed E-state index contributed by atoms with van der Waals surface area (Å²) in [5.41, 5.74) is 5.43. The molecule has 0 fully saturated rings. The van der Waals surface area contributed by atoms with E-state index in [4.69, 9.17) is 0 Å². The quantitative estimate of drug-likeness (QED) is 0.604. The Kier molecular flexibility index (Phi) is 5.84. The van der Waals surface area contributed by atoms with Crippen LogP contribution in [0.15, 0.2) is 23.3 Å².